The molecule has 200 valence electrons. The van der Waals surface area contributed by atoms with Crippen molar-refractivity contribution in [2.75, 3.05) is 25.1 Å². The first-order chi connectivity index (χ1) is 17.7. The Bertz CT molecular complexity index is 1210. The first-order valence-corrected chi connectivity index (χ1v) is 13.6. The fraction of sp³-hybridized carbons (Fsp3) is 0.500. The van der Waals surface area contributed by atoms with E-state index in [1.807, 2.05) is 12.3 Å². The van der Waals surface area contributed by atoms with Gasteiger partial charge >= 0.3 is 6.36 Å². The first-order valence-electron chi connectivity index (χ1n) is 11.9. The smallest absolute Gasteiger partial charge is 0.423 e. The van der Waals surface area contributed by atoms with Gasteiger partial charge in [-0.25, -0.2) is 0 Å². The average molecular weight is 558 g/mol. The first kappa shape index (κ1) is 27.6. The summed E-state index contributed by atoms with van der Waals surface area (Å²) in [6.45, 7) is 0.811. The largest absolute Gasteiger partial charge is 0.522 e. The van der Waals surface area contributed by atoms with Crippen LogP contribution in [0, 0.1) is 0 Å². The molecule has 8 nitrogen and oxygen atoms in total. The van der Waals surface area contributed by atoms with Crippen LogP contribution in [0.1, 0.15) is 59.8 Å². The van der Waals surface area contributed by atoms with Crippen molar-refractivity contribution in [3.8, 4) is 0 Å². The molecule has 0 bridgehead atoms. The van der Waals surface area contributed by atoms with Gasteiger partial charge in [0.2, 0.25) is 11.8 Å². The molecule has 2 aromatic heterocycles. The third-order valence-electron chi connectivity index (χ3n) is 6.05. The lowest BCUT2D eigenvalue weighted by Gasteiger charge is -2.32. The number of thioether (sulfide) groups is 1. The quantitative estimate of drug-likeness (QED) is 0.291. The number of halogens is 4. The molecule has 0 spiro atoms. The highest BCUT2D eigenvalue weighted by molar-refractivity contribution is 7.98. The third-order valence-corrected chi connectivity index (χ3v) is 6.98. The summed E-state index contributed by atoms with van der Waals surface area (Å²) in [5.74, 6) is 1.18. The minimum Gasteiger partial charge on any atom is -0.423 e. The molecule has 4 rings (SSSR count). The molecule has 1 atom stereocenters. The van der Waals surface area contributed by atoms with Crippen molar-refractivity contribution >= 4 is 40.2 Å². The van der Waals surface area contributed by atoms with E-state index in [1.165, 1.54) is 6.20 Å². The van der Waals surface area contributed by atoms with Crippen molar-refractivity contribution < 1.29 is 27.1 Å². The zero-order valence-corrected chi connectivity index (χ0v) is 21.6. The van der Waals surface area contributed by atoms with Crippen LogP contribution in [-0.2, 0) is 4.74 Å². The monoisotopic (exact) mass is 557 g/mol. The lowest BCUT2D eigenvalue weighted by Crippen LogP contribution is -2.34. The number of rotatable bonds is 12. The standard InChI is InChI=1S/C24H27ClF3N5O3S/c1-37-8-2-3-19(23-33-32-22(35-23)15-10-18(11-15)36-24(26,27)28)29-6-7-30-21(34)16-9-14-4-5-17(25)12-20(14)31-13-16/h4-5,9,12-13,15,18-19,29H,2-3,6-8,10-11H2,1H3,(H,30,34)/t15?,18?,19-/m1/s1. The van der Waals surface area contributed by atoms with Gasteiger partial charge in [0.05, 0.1) is 23.2 Å². The van der Waals surface area contributed by atoms with E-state index in [0.717, 1.165) is 24.0 Å². The van der Waals surface area contributed by atoms with Gasteiger partial charge in [-0.2, -0.15) is 11.8 Å². The van der Waals surface area contributed by atoms with Crippen LogP contribution in [0.5, 0.6) is 0 Å². The van der Waals surface area contributed by atoms with E-state index in [4.69, 9.17) is 16.0 Å². The highest BCUT2D eigenvalue weighted by Gasteiger charge is 2.42. The number of carbonyl (C=O) groups excluding carboxylic acids is 1. The maximum Gasteiger partial charge on any atom is 0.522 e. The SMILES string of the molecule is CSCCC[C@@H](NCCNC(=O)c1cnc2cc(Cl)ccc2c1)c1nnc(C2CC(OC(F)(F)F)C2)o1. The number of hydrogen-bond donors (Lipinski definition) is 2. The van der Waals surface area contributed by atoms with E-state index in [0.29, 0.717) is 41.0 Å². The van der Waals surface area contributed by atoms with Gasteiger partial charge in [-0.15, -0.1) is 23.4 Å². The molecule has 2 heterocycles. The normalized spacial score (nSPS) is 18.5. The second-order valence-electron chi connectivity index (χ2n) is 8.79. The summed E-state index contributed by atoms with van der Waals surface area (Å²) in [7, 11) is 0. The van der Waals surface area contributed by atoms with E-state index in [9.17, 15) is 18.0 Å². The lowest BCUT2D eigenvalue weighted by molar-refractivity contribution is -0.352. The van der Waals surface area contributed by atoms with Gasteiger partial charge in [0.1, 0.15) is 0 Å². The van der Waals surface area contributed by atoms with E-state index in [2.05, 4.69) is 30.6 Å². The number of amides is 1. The second-order valence-corrected chi connectivity index (χ2v) is 10.2. The molecule has 3 aromatic rings. The zero-order valence-electron chi connectivity index (χ0n) is 20.1. The minimum absolute atomic E-state index is 0.189. The van der Waals surface area contributed by atoms with Crippen LogP contribution in [0.3, 0.4) is 0 Å². The Balaban J connectivity index is 1.28. The molecule has 1 aromatic carbocycles. The minimum atomic E-state index is -4.64. The molecule has 1 fully saturated rings. The van der Waals surface area contributed by atoms with Crippen LogP contribution in [-0.4, -0.2) is 58.7 Å². The average Bonchev–Trinajstić information content (AvgIpc) is 3.31. The molecule has 0 saturated heterocycles. The van der Waals surface area contributed by atoms with Gasteiger partial charge in [-0.05, 0) is 55.9 Å². The Morgan fingerprint density at radius 1 is 1.27 bits per heavy atom. The molecular weight excluding hydrogens is 531 g/mol. The van der Waals surface area contributed by atoms with E-state index in [1.54, 1.807) is 30.0 Å². The fourth-order valence-electron chi connectivity index (χ4n) is 4.09. The summed E-state index contributed by atoms with van der Waals surface area (Å²) in [6, 6.07) is 6.82. The van der Waals surface area contributed by atoms with Crippen molar-refractivity contribution in [1.82, 2.24) is 25.8 Å². The maximum absolute atomic E-state index is 12.6. The van der Waals surface area contributed by atoms with Gasteiger partial charge in [0.25, 0.3) is 5.91 Å². The van der Waals surface area contributed by atoms with Gasteiger partial charge in [-0.3, -0.25) is 14.5 Å². The van der Waals surface area contributed by atoms with E-state index >= 15 is 0 Å². The Morgan fingerprint density at radius 2 is 2.08 bits per heavy atom. The molecule has 2 N–H and O–H groups in total. The predicted octanol–water partition coefficient (Wildman–Crippen LogP) is 5.26. The van der Waals surface area contributed by atoms with Crippen molar-refractivity contribution in [3.05, 3.63) is 52.8 Å². The number of benzene rings is 1. The van der Waals surface area contributed by atoms with Crippen molar-refractivity contribution in [1.29, 1.82) is 0 Å². The van der Waals surface area contributed by atoms with Crippen LogP contribution in [0.4, 0.5) is 13.2 Å². The molecule has 1 aliphatic carbocycles. The Morgan fingerprint density at radius 3 is 2.84 bits per heavy atom. The number of aromatic nitrogens is 3. The molecule has 0 aliphatic heterocycles. The number of nitrogens with one attached hydrogen (secondary N) is 2. The van der Waals surface area contributed by atoms with E-state index < -0.39 is 12.5 Å². The molecular formula is C24H27ClF3N5O3S. The number of pyridine rings is 1. The Kier molecular flexibility index (Phi) is 9.27. The number of hydrogen-bond acceptors (Lipinski definition) is 8. The summed E-state index contributed by atoms with van der Waals surface area (Å²) >= 11 is 7.71. The maximum atomic E-state index is 12.6. The van der Waals surface area contributed by atoms with Gasteiger partial charge in [-0.1, -0.05) is 17.7 Å². The molecule has 1 aliphatic rings. The van der Waals surface area contributed by atoms with Crippen LogP contribution in [0.15, 0.2) is 34.9 Å². The summed E-state index contributed by atoms with van der Waals surface area (Å²) in [5.41, 5.74) is 1.16. The van der Waals surface area contributed by atoms with E-state index in [-0.39, 0.29) is 30.7 Å². The highest BCUT2D eigenvalue weighted by Crippen LogP contribution is 2.41. The summed E-state index contributed by atoms with van der Waals surface area (Å²) < 4.78 is 47.0. The summed E-state index contributed by atoms with van der Waals surface area (Å²) in [4.78, 5) is 16.9. The van der Waals surface area contributed by atoms with Crippen molar-refractivity contribution in [3.63, 3.8) is 0 Å². The number of alkyl halides is 3. The number of fused-ring (bicyclic) bond motifs is 1. The second kappa shape index (κ2) is 12.4. The molecule has 1 saturated carbocycles. The van der Waals surface area contributed by atoms with Gasteiger partial charge < -0.3 is 15.1 Å². The third kappa shape index (κ3) is 7.79. The topological polar surface area (TPSA) is 102 Å². The lowest BCUT2D eigenvalue weighted by atomic mass is 9.82. The van der Waals surface area contributed by atoms with Crippen LogP contribution < -0.4 is 10.6 Å². The van der Waals surface area contributed by atoms with Crippen LogP contribution in [0.25, 0.3) is 10.9 Å². The van der Waals surface area contributed by atoms with Crippen LogP contribution >= 0.6 is 23.4 Å². The number of carbonyl (C=O) groups is 1. The van der Waals surface area contributed by atoms with Gasteiger partial charge in [0, 0.05) is 35.6 Å². The molecule has 0 radical (unpaired) electrons. The van der Waals surface area contributed by atoms with Gasteiger partial charge in [0.15, 0.2) is 0 Å². The number of nitrogens with zero attached hydrogens (tertiary/aromatic N) is 3. The molecule has 0 unspecified atom stereocenters. The number of ether oxygens (including phenoxy) is 1. The molecule has 37 heavy (non-hydrogen) atoms. The Hall–Kier alpha value is -2.41. The predicted molar refractivity (Wildman–Crippen MR) is 135 cm³/mol. The van der Waals surface area contributed by atoms with Crippen molar-refractivity contribution in [2.45, 2.75) is 50.1 Å². The zero-order chi connectivity index (χ0) is 26.4. The summed E-state index contributed by atoms with van der Waals surface area (Å²) in [6.07, 6.45) is 0.0275. The van der Waals surface area contributed by atoms with Crippen LogP contribution in [0.2, 0.25) is 5.02 Å². The molecule has 1 amide bonds. The summed E-state index contributed by atoms with van der Waals surface area (Å²) in [5, 5.41) is 15.8. The Labute approximate surface area is 221 Å². The van der Waals surface area contributed by atoms with Crippen molar-refractivity contribution in [2.24, 2.45) is 0 Å². The molecule has 13 heteroatoms. The highest BCUT2D eigenvalue weighted by atomic mass is 35.5. The fourth-order valence-corrected chi connectivity index (χ4v) is 4.71.